The van der Waals surface area contributed by atoms with Crippen LogP contribution in [0.4, 0.5) is 5.69 Å². The number of benzene rings is 2. The van der Waals surface area contributed by atoms with Crippen LogP contribution in [0.5, 0.6) is 0 Å². The van der Waals surface area contributed by atoms with Gasteiger partial charge in [0, 0.05) is 24.7 Å². The Bertz CT molecular complexity index is 1260. The minimum absolute atomic E-state index is 0.0356. The van der Waals surface area contributed by atoms with Crippen molar-refractivity contribution in [3.05, 3.63) is 57.5 Å². The molecule has 1 amide bonds. The second-order valence-electron chi connectivity index (χ2n) is 6.80. The molecule has 0 saturated carbocycles. The highest BCUT2D eigenvalue weighted by Crippen LogP contribution is 2.30. The molecule has 1 aromatic heterocycles. The van der Waals surface area contributed by atoms with Gasteiger partial charge in [-0.3, -0.25) is 13.9 Å². The largest absolute Gasteiger partial charge is 0.328 e. The summed E-state index contributed by atoms with van der Waals surface area (Å²) in [7, 11) is -0.563. The molecule has 148 valence electrons. The molecule has 28 heavy (non-hydrogen) atoms. The third kappa shape index (κ3) is 3.33. The third-order valence-electron chi connectivity index (χ3n) is 4.64. The molecule has 0 radical (unpaired) electrons. The number of hydrogen-bond acceptors (Lipinski definition) is 4. The lowest BCUT2D eigenvalue weighted by molar-refractivity contribution is 0.102. The molecule has 0 aliphatic heterocycles. The summed E-state index contributed by atoms with van der Waals surface area (Å²) in [6, 6.07) is 9.28. The van der Waals surface area contributed by atoms with E-state index in [1.54, 1.807) is 46.1 Å². The van der Waals surface area contributed by atoms with Gasteiger partial charge in [0.05, 0.1) is 26.9 Å². The Hall–Kier alpha value is -2.58. The quantitative estimate of drug-likeness (QED) is 0.701. The number of nitrogens with one attached hydrogen (secondary N) is 1. The number of sulfone groups is 1. The first kappa shape index (κ1) is 20.2. The van der Waals surface area contributed by atoms with Crippen LogP contribution in [0.1, 0.15) is 24.2 Å². The number of aromatic nitrogens is 2. The van der Waals surface area contributed by atoms with Crippen LogP contribution in [-0.4, -0.2) is 28.7 Å². The molecule has 3 rings (SSSR count). The molecule has 0 saturated heterocycles. The molecule has 0 atom stereocenters. The molecule has 3 aromatic rings. The molecule has 0 aliphatic carbocycles. The van der Waals surface area contributed by atoms with Gasteiger partial charge in [-0.05, 0) is 44.2 Å². The fourth-order valence-electron chi connectivity index (χ4n) is 2.94. The van der Waals surface area contributed by atoms with Crippen molar-refractivity contribution in [2.24, 2.45) is 14.1 Å². The third-order valence-corrected chi connectivity index (χ3v) is 7.06. The zero-order valence-electron chi connectivity index (χ0n) is 15.9. The van der Waals surface area contributed by atoms with Gasteiger partial charge < -0.3 is 5.32 Å². The minimum atomic E-state index is -3.72. The molecule has 0 fully saturated rings. The van der Waals surface area contributed by atoms with Crippen molar-refractivity contribution in [2.75, 3.05) is 5.32 Å². The maximum absolute atomic E-state index is 12.9. The van der Waals surface area contributed by atoms with Crippen LogP contribution >= 0.6 is 11.6 Å². The van der Waals surface area contributed by atoms with Crippen molar-refractivity contribution >= 4 is 44.1 Å². The van der Waals surface area contributed by atoms with Crippen molar-refractivity contribution in [1.29, 1.82) is 0 Å². The van der Waals surface area contributed by atoms with Crippen LogP contribution < -0.4 is 11.0 Å². The Labute approximate surface area is 167 Å². The number of nitrogens with zero attached hydrogens (tertiary/aromatic N) is 2. The van der Waals surface area contributed by atoms with E-state index in [4.69, 9.17) is 11.6 Å². The standard InChI is InChI=1S/C19H20ClN3O4S/c1-11(2)28(26,27)17-10-16-15(22(3)19(25)23(16)4)9-14(17)21-18(24)12-6-5-7-13(20)8-12/h5-11H,1-4H3,(H,21,24). The van der Waals surface area contributed by atoms with Crippen LogP contribution in [0.25, 0.3) is 11.0 Å². The molecular weight excluding hydrogens is 402 g/mol. The summed E-state index contributed by atoms with van der Waals surface area (Å²) in [4.78, 5) is 24.9. The first-order valence-corrected chi connectivity index (χ1v) is 10.5. The number of aryl methyl sites for hydroxylation is 2. The highest BCUT2D eigenvalue weighted by molar-refractivity contribution is 7.92. The second-order valence-corrected chi connectivity index (χ2v) is 9.71. The van der Waals surface area contributed by atoms with E-state index in [2.05, 4.69) is 5.32 Å². The van der Waals surface area contributed by atoms with E-state index in [-0.39, 0.29) is 16.3 Å². The van der Waals surface area contributed by atoms with E-state index < -0.39 is 21.0 Å². The number of carbonyl (C=O) groups is 1. The fraction of sp³-hybridized carbons (Fsp3) is 0.263. The molecule has 2 aromatic carbocycles. The van der Waals surface area contributed by atoms with Gasteiger partial charge in [0.1, 0.15) is 0 Å². The van der Waals surface area contributed by atoms with E-state index in [1.807, 2.05) is 0 Å². The summed E-state index contributed by atoms with van der Waals surface area (Å²) in [5.41, 5.74) is 1.10. The first-order chi connectivity index (χ1) is 13.0. The van der Waals surface area contributed by atoms with Gasteiger partial charge in [0.15, 0.2) is 9.84 Å². The highest BCUT2D eigenvalue weighted by Gasteiger charge is 2.26. The van der Waals surface area contributed by atoms with Crippen LogP contribution in [0.2, 0.25) is 5.02 Å². The van der Waals surface area contributed by atoms with Gasteiger partial charge in [-0.1, -0.05) is 17.7 Å². The molecule has 1 N–H and O–H groups in total. The van der Waals surface area contributed by atoms with E-state index in [9.17, 15) is 18.0 Å². The van der Waals surface area contributed by atoms with Crippen LogP contribution in [-0.2, 0) is 23.9 Å². The number of rotatable bonds is 4. The van der Waals surface area contributed by atoms with Crippen molar-refractivity contribution < 1.29 is 13.2 Å². The van der Waals surface area contributed by atoms with Gasteiger partial charge in [-0.15, -0.1) is 0 Å². The SMILES string of the molecule is CC(C)S(=O)(=O)c1cc2c(cc1NC(=O)c1cccc(Cl)c1)n(C)c(=O)n2C. The van der Waals surface area contributed by atoms with Crippen molar-refractivity contribution in [2.45, 2.75) is 24.0 Å². The average molecular weight is 422 g/mol. The van der Waals surface area contributed by atoms with E-state index in [0.717, 1.165) is 0 Å². The normalized spacial score (nSPS) is 11.9. The Morgan fingerprint density at radius 3 is 2.25 bits per heavy atom. The topological polar surface area (TPSA) is 90.2 Å². The predicted octanol–water partition coefficient (Wildman–Crippen LogP) is 2.96. The van der Waals surface area contributed by atoms with Gasteiger partial charge in [0.25, 0.3) is 5.91 Å². The zero-order chi connectivity index (χ0) is 20.8. The average Bonchev–Trinajstić information content (AvgIpc) is 2.85. The highest BCUT2D eigenvalue weighted by atomic mass is 35.5. The lowest BCUT2D eigenvalue weighted by Crippen LogP contribution is -2.19. The predicted molar refractivity (Wildman–Crippen MR) is 110 cm³/mol. The zero-order valence-corrected chi connectivity index (χ0v) is 17.4. The molecule has 7 nitrogen and oxygen atoms in total. The molecule has 0 bridgehead atoms. The maximum Gasteiger partial charge on any atom is 0.328 e. The van der Waals surface area contributed by atoms with Crippen molar-refractivity contribution in [3.63, 3.8) is 0 Å². The number of carbonyl (C=O) groups excluding carboxylic acids is 1. The first-order valence-electron chi connectivity index (χ1n) is 8.54. The van der Waals surface area contributed by atoms with Crippen LogP contribution in [0, 0.1) is 0 Å². The number of fused-ring (bicyclic) bond motifs is 1. The van der Waals surface area contributed by atoms with Crippen LogP contribution in [0.15, 0.2) is 46.1 Å². The van der Waals surface area contributed by atoms with E-state index in [0.29, 0.717) is 21.6 Å². The van der Waals surface area contributed by atoms with Gasteiger partial charge in [-0.2, -0.15) is 0 Å². The summed E-state index contributed by atoms with van der Waals surface area (Å²) in [5, 5.41) is 2.35. The minimum Gasteiger partial charge on any atom is -0.321 e. The maximum atomic E-state index is 12.9. The number of anilines is 1. The summed E-state index contributed by atoms with van der Waals surface area (Å²) in [5.74, 6) is -0.497. The van der Waals surface area contributed by atoms with E-state index in [1.165, 1.54) is 27.3 Å². The summed E-state index contributed by atoms with van der Waals surface area (Å²) in [6.07, 6.45) is 0. The summed E-state index contributed by atoms with van der Waals surface area (Å²) in [6.45, 7) is 3.12. The Balaban J connectivity index is 2.23. The Morgan fingerprint density at radius 2 is 1.68 bits per heavy atom. The second kappa shape index (κ2) is 7.10. The van der Waals surface area contributed by atoms with E-state index >= 15 is 0 Å². The number of imidazole rings is 1. The van der Waals surface area contributed by atoms with Crippen molar-refractivity contribution in [3.8, 4) is 0 Å². The molecule has 0 spiro atoms. The molecular formula is C19H20ClN3O4S. The molecule has 9 heteroatoms. The lowest BCUT2D eigenvalue weighted by Gasteiger charge is -2.15. The number of hydrogen-bond donors (Lipinski definition) is 1. The lowest BCUT2D eigenvalue weighted by atomic mass is 10.2. The fourth-order valence-corrected chi connectivity index (χ4v) is 4.33. The Kier molecular flexibility index (Phi) is 5.12. The molecule has 0 unspecified atom stereocenters. The van der Waals surface area contributed by atoms with Gasteiger partial charge >= 0.3 is 5.69 Å². The monoisotopic (exact) mass is 421 g/mol. The number of amides is 1. The van der Waals surface area contributed by atoms with Gasteiger partial charge in [0.2, 0.25) is 0 Å². The van der Waals surface area contributed by atoms with Crippen LogP contribution in [0.3, 0.4) is 0 Å². The Morgan fingerprint density at radius 1 is 1.07 bits per heavy atom. The summed E-state index contributed by atoms with van der Waals surface area (Å²) < 4.78 is 28.6. The molecule has 0 aliphatic rings. The summed E-state index contributed by atoms with van der Waals surface area (Å²) >= 11 is 5.94. The molecule has 1 heterocycles. The number of halogens is 1. The smallest absolute Gasteiger partial charge is 0.321 e. The van der Waals surface area contributed by atoms with Gasteiger partial charge in [-0.25, -0.2) is 13.2 Å². The van der Waals surface area contributed by atoms with Crippen molar-refractivity contribution in [1.82, 2.24) is 9.13 Å².